The maximum absolute atomic E-state index is 10.6. The second-order valence-electron chi connectivity index (χ2n) is 4.88. The summed E-state index contributed by atoms with van der Waals surface area (Å²) in [6.45, 7) is 2.20. The van der Waals surface area contributed by atoms with Crippen molar-refractivity contribution in [2.75, 3.05) is 18.6 Å². The molecule has 0 saturated carbocycles. The van der Waals surface area contributed by atoms with Gasteiger partial charge in [-0.2, -0.15) is 23.5 Å². The van der Waals surface area contributed by atoms with Crippen molar-refractivity contribution in [3.8, 4) is 5.75 Å². The molecule has 1 N–H and O–H groups in total. The number of methoxy groups -OCH3 is 1. The largest absolute Gasteiger partial charge is 0.496 e. The van der Waals surface area contributed by atoms with Gasteiger partial charge in [-0.25, -0.2) is 0 Å². The second-order valence-corrected chi connectivity index (χ2v) is 7.95. The fraction of sp³-hybridized carbons (Fsp3) is 0.600. The molecule has 1 aromatic carbocycles. The van der Waals surface area contributed by atoms with Crippen LogP contribution in [0.1, 0.15) is 18.9 Å². The Balaban J connectivity index is 2.10. The molecule has 1 aliphatic heterocycles. The average molecular weight is 333 g/mol. The maximum atomic E-state index is 10.6. The molecule has 2 rings (SSSR count). The second kappa shape index (κ2) is 7.83. The molecule has 0 aliphatic carbocycles. The summed E-state index contributed by atoms with van der Waals surface area (Å²) in [6.07, 6.45) is 1.34. The van der Waals surface area contributed by atoms with Crippen LogP contribution in [0.4, 0.5) is 0 Å². The topological polar surface area (TPSA) is 29.5 Å². The number of hydrogen-bond acceptors (Lipinski definition) is 4. The minimum atomic E-state index is -0.356. The number of benzene rings is 1. The molecular weight excluding hydrogens is 312 g/mol. The fourth-order valence-corrected chi connectivity index (χ4v) is 5.89. The van der Waals surface area contributed by atoms with Crippen molar-refractivity contribution in [1.29, 1.82) is 0 Å². The van der Waals surface area contributed by atoms with Gasteiger partial charge in [0.1, 0.15) is 5.75 Å². The SMILES string of the molecule is CCC1SCCSC1C(O)Cc1cc(Cl)ccc1OC. The lowest BCUT2D eigenvalue weighted by atomic mass is 10.0. The van der Waals surface area contributed by atoms with Crippen molar-refractivity contribution in [2.45, 2.75) is 36.4 Å². The van der Waals surface area contributed by atoms with Crippen LogP contribution in [0.25, 0.3) is 0 Å². The van der Waals surface area contributed by atoms with E-state index in [9.17, 15) is 5.11 Å². The van der Waals surface area contributed by atoms with Gasteiger partial charge in [0.2, 0.25) is 0 Å². The first kappa shape index (κ1) is 16.3. The molecule has 5 heteroatoms. The highest BCUT2D eigenvalue weighted by molar-refractivity contribution is 8.07. The van der Waals surface area contributed by atoms with Crippen molar-refractivity contribution in [1.82, 2.24) is 0 Å². The van der Waals surface area contributed by atoms with Gasteiger partial charge in [0.25, 0.3) is 0 Å². The number of halogens is 1. The Labute approximate surface area is 134 Å². The van der Waals surface area contributed by atoms with E-state index in [0.717, 1.165) is 23.5 Å². The zero-order valence-electron chi connectivity index (χ0n) is 11.8. The summed E-state index contributed by atoms with van der Waals surface area (Å²) in [7, 11) is 1.65. The van der Waals surface area contributed by atoms with E-state index in [0.29, 0.717) is 21.9 Å². The summed E-state index contributed by atoms with van der Waals surface area (Å²) in [4.78, 5) is 0. The van der Waals surface area contributed by atoms with Gasteiger partial charge in [0.15, 0.2) is 0 Å². The molecule has 0 bridgehead atoms. The van der Waals surface area contributed by atoms with Crippen LogP contribution in [-0.4, -0.2) is 40.3 Å². The van der Waals surface area contributed by atoms with Gasteiger partial charge in [0.05, 0.1) is 13.2 Å². The number of ether oxygens (including phenoxy) is 1. The van der Waals surface area contributed by atoms with E-state index in [-0.39, 0.29) is 6.10 Å². The number of aliphatic hydroxyl groups is 1. The van der Waals surface area contributed by atoms with Crippen LogP contribution < -0.4 is 4.74 Å². The van der Waals surface area contributed by atoms with Crippen molar-refractivity contribution in [3.63, 3.8) is 0 Å². The van der Waals surface area contributed by atoms with Gasteiger partial charge in [-0.05, 0) is 30.2 Å². The molecular formula is C15H21ClO2S2. The van der Waals surface area contributed by atoms with Crippen LogP contribution in [0.15, 0.2) is 18.2 Å². The lowest BCUT2D eigenvalue weighted by Crippen LogP contribution is -2.37. The fourth-order valence-electron chi connectivity index (χ4n) is 2.54. The Morgan fingerprint density at radius 2 is 2.15 bits per heavy atom. The third-order valence-corrected chi connectivity index (χ3v) is 7.17. The van der Waals surface area contributed by atoms with E-state index in [1.165, 1.54) is 5.75 Å². The van der Waals surface area contributed by atoms with E-state index in [1.54, 1.807) is 7.11 Å². The third kappa shape index (κ3) is 4.00. The van der Waals surface area contributed by atoms with Crippen molar-refractivity contribution in [3.05, 3.63) is 28.8 Å². The lowest BCUT2D eigenvalue weighted by molar-refractivity contribution is 0.168. The Bertz CT molecular complexity index is 442. The molecule has 1 fully saturated rings. The summed E-state index contributed by atoms with van der Waals surface area (Å²) in [5, 5.41) is 12.1. The quantitative estimate of drug-likeness (QED) is 0.886. The first-order valence-corrected chi connectivity index (χ1v) is 9.37. The minimum Gasteiger partial charge on any atom is -0.496 e. The van der Waals surface area contributed by atoms with Gasteiger partial charge in [0, 0.05) is 33.4 Å². The zero-order valence-corrected chi connectivity index (χ0v) is 14.2. The molecule has 0 aromatic heterocycles. The molecule has 1 aromatic rings. The molecule has 2 nitrogen and oxygen atoms in total. The lowest BCUT2D eigenvalue weighted by Gasteiger charge is -2.33. The van der Waals surface area contributed by atoms with Crippen LogP contribution in [0, 0.1) is 0 Å². The van der Waals surface area contributed by atoms with E-state index in [1.807, 2.05) is 41.7 Å². The van der Waals surface area contributed by atoms with E-state index in [4.69, 9.17) is 16.3 Å². The Hall–Kier alpha value is -0.0300. The van der Waals surface area contributed by atoms with Gasteiger partial charge < -0.3 is 9.84 Å². The monoisotopic (exact) mass is 332 g/mol. The Kier molecular flexibility index (Phi) is 6.40. The molecule has 3 unspecified atom stereocenters. The molecule has 112 valence electrons. The van der Waals surface area contributed by atoms with Gasteiger partial charge in [-0.1, -0.05) is 18.5 Å². The van der Waals surface area contributed by atoms with Crippen LogP contribution in [0.2, 0.25) is 5.02 Å². The van der Waals surface area contributed by atoms with Crippen molar-refractivity contribution < 1.29 is 9.84 Å². The maximum Gasteiger partial charge on any atom is 0.122 e. The smallest absolute Gasteiger partial charge is 0.122 e. The normalized spacial score (nSPS) is 24.4. The standard InChI is InChI=1S/C15H21ClO2S2/c1-3-14-15(20-7-6-19-14)12(17)9-10-8-11(16)4-5-13(10)18-2/h4-5,8,12,14-15,17H,3,6-7,9H2,1-2H3. The number of aliphatic hydroxyl groups excluding tert-OH is 1. The Morgan fingerprint density at radius 1 is 1.40 bits per heavy atom. The highest BCUT2D eigenvalue weighted by Crippen LogP contribution is 2.36. The van der Waals surface area contributed by atoms with E-state index in [2.05, 4.69) is 6.92 Å². The Morgan fingerprint density at radius 3 is 2.85 bits per heavy atom. The van der Waals surface area contributed by atoms with Gasteiger partial charge in [-0.3, -0.25) is 0 Å². The average Bonchev–Trinajstić information content (AvgIpc) is 2.47. The van der Waals surface area contributed by atoms with Gasteiger partial charge in [-0.15, -0.1) is 0 Å². The summed E-state index contributed by atoms with van der Waals surface area (Å²) in [5.41, 5.74) is 0.985. The van der Waals surface area contributed by atoms with Gasteiger partial charge >= 0.3 is 0 Å². The molecule has 1 heterocycles. The first-order chi connectivity index (χ1) is 9.65. The van der Waals surface area contributed by atoms with Crippen molar-refractivity contribution >= 4 is 35.1 Å². The van der Waals surface area contributed by atoms with Crippen molar-refractivity contribution in [2.24, 2.45) is 0 Å². The number of thioether (sulfide) groups is 2. The summed E-state index contributed by atoms with van der Waals surface area (Å²) >= 11 is 9.93. The predicted molar refractivity (Wildman–Crippen MR) is 90.5 cm³/mol. The molecule has 0 radical (unpaired) electrons. The predicted octanol–water partition coefficient (Wildman–Crippen LogP) is 3.88. The molecule has 1 saturated heterocycles. The summed E-state index contributed by atoms with van der Waals surface area (Å²) < 4.78 is 5.36. The zero-order chi connectivity index (χ0) is 14.5. The number of hydrogen-bond donors (Lipinski definition) is 1. The molecule has 0 amide bonds. The minimum absolute atomic E-state index is 0.294. The highest BCUT2D eigenvalue weighted by Gasteiger charge is 2.31. The van der Waals surface area contributed by atoms with Crippen LogP contribution in [0.5, 0.6) is 5.75 Å². The molecule has 20 heavy (non-hydrogen) atoms. The van der Waals surface area contributed by atoms with E-state index >= 15 is 0 Å². The highest BCUT2D eigenvalue weighted by atomic mass is 35.5. The van der Waals surface area contributed by atoms with Crippen LogP contribution in [0.3, 0.4) is 0 Å². The van der Waals surface area contributed by atoms with Crippen LogP contribution >= 0.6 is 35.1 Å². The summed E-state index contributed by atoms with van der Waals surface area (Å²) in [5.74, 6) is 3.11. The molecule has 1 aliphatic rings. The first-order valence-electron chi connectivity index (χ1n) is 6.89. The third-order valence-electron chi connectivity index (χ3n) is 3.55. The molecule has 3 atom stereocenters. The molecule has 0 spiro atoms. The summed E-state index contributed by atoms with van der Waals surface area (Å²) in [6, 6.07) is 5.58. The van der Waals surface area contributed by atoms with E-state index < -0.39 is 0 Å². The van der Waals surface area contributed by atoms with Crippen LogP contribution in [-0.2, 0) is 6.42 Å². The number of rotatable bonds is 5.